The molecule has 9 nitrogen and oxygen atoms in total. The molecule has 1 N–H and O–H groups in total. The van der Waals surface area contributed by atoms with E-state index in [2.05, 4.69) is 47.0 Å². The number of amides is 2. The van der Waals surface area contributed by atoms with Gasteiger partial charge in [-0.15, -0.1) is 0 Å². The molecule has 1 spiro atoms. The lowest BCUT2D eigenvalue weighted by atomic mass is 9.65. The Morgan fingerprint density at radius 2 is 2.22 bits per heavy atom. The Morgan fingerprint density at radius 3 is 2.97 bits per heavy atom. The van der Waals surface area contributed by atoms with E-state index in [1.54, 1.807) is 4.90 Å². The second kappa shape index (κ2) is 9.26. The third-order valence-electron chi connectivity index (χ3n) is 7.79. The van der Waals surface area contributed by atoms with Crippen molar-refractivity contribution in [1.29, 1.82) is 5.26 Å². The number of ether oxygens (including phenoxy) is 1. The number of aryl methyl sites for hydroxylation is 1. The van der Waals surface area contributed by atoms with E-state index in [1.807, 2.05) is 11.0 Å². The van der Waals surface area contributed by atoms with Crippen LogP contribution in [0, 0.1) is 18.3 Å². The molecule has 186 valence electrons. The second-order valence-corrected chi connectivity index (χ2v) is 9.72. The fourth-order valence-electron chi connectivity index (χ4n) is 5.99. The van der Waals surface area contributed by atoms with Gasteiger partial charge < -0.3 is 19.9 Å². The molecular formula is C27H30N6O3. The number of carbonyl (C=O) groups is 2. The maximum atomic E-state index is 13.8. The summed E-state index contributed by atoms with van der Waals surface area (Å²) >= 11 is 0. The van der Waals surface area contributed by atoms with Gasteiger partial charge in [-0.1, -0.05) is 24.8 Å². The highest BCUT2D eigenvalue weighted by Gasteiger charge is 2.48. The Morgan fingerprint density at radius 1 is 1.39 bits per heavy atom. The highest BCUT2D eigenvalue weighted by Crippen LogP contribution is 2.47. The van der Waals surface area contributed by atoms with Crippen molar-refractivity contribution in [2.75, 3.05) is 37.0 Å². The van der Waals surface area contributed by atoms with Gasteiger partial charge in [-0.3, -0.25) is 9.59 Å². The number of benzene rings is 1. The summed E-state index contributed by atoms with van der Waals surface area (Å²) in [6.45, 7) is 7.01. The highest BCUT2D eigenvalue weighted by molar-refractivity contribution is 6.04. The molecule has 5 rings (SSSR count). The second-order valence-electron chi connectivity index (χ2n) is 9.72. The van der Waals surface area contributed by atoms with Gasteiger partial charge in [-0.05, 0) is 49.0 Å². The topological polar surface area (TPSA) is 111 Å². The molecule has 2 aromatic rings. The summed E-state index contributed by atoms with van der Waals surface area (Å²) in [5.74, 6) is 0.332. The van der Waals surface area contributed by atoms with Gasteiger partial charge in [-0.25, -0.2) is 0 Å². The smallest absolute Gasteiger partial charge is 0.318 e. The first-order valence-corrected chi connectivity index (χ1v) is 12.3. The third-order valence-corrected chi connectivity index (χ3v) is 7.79. The van der Waals surface area contributed by atoms with Gasteiger partial charge in [0, 0.05) is 26.1 Å². The van der Waals surface area contributed by atoms with Gasteiger partial charge in [0.05, 0.1) is 36.8 Å². The van der Waals surface area contributed by atoms with E-state index in [1.165, 1.54) is 24.3 Å². The monoisotopic (exact) mass is 486 g/mol. The van der Waals surface area contributed by atoms with Crippen LogP contribution in [0.5, 0.6) is 6.01 Å². The van der Waals surface area contributed by atoms with Crippen LogP contribution in [0.25, 0.3) is 0 Å². The van der Waals surface area contributed by atoms with Crippen LogP contribution in [0.1, 0.15) is 41.6 Å². The third kappa shape index (κ3) is 3.77. The van der Waals surface area contributed by atoms with Gasteiger partial charge in [-0.2, -0.15) is 15.2 Å². The van der Waals surface area contributed by atoms with Crippen molar-refractivity contribution in [2.45, 2.75) is 50.5 Å². The molecular weight excluding hydrogens is 456 g/mol. The largest absolute Gasteiger partial charge is 0.467 e. The van der Waals surface area contributed by atoms with Crippen molar-refractivity contribution in [3.8, 4) is 12.1 Å². The van der Waals surface area contributed by atoms with Crippen molar-refractivity contribution in [3.63, 3.8) is 0 Å². The molecule has 36 heavy (non-hydrogen) atoms. The van der Waals surface area contributed by atoms with E-state index in [4.69, 9.17) is 4.74 Å². The lowest BCUT2D eigenvalue weighted by Crippen LogP contribution is -2.55. The number of fused-ring (bicyclic) bond motifs is 3. The van der Waals surface area contributed by atoms with E-state index in [0.29, 0.717) is 37.6 Å². The Kier molecular flexibility index (Phi) is 6.12. The van der Waals surface area contributed by atoms with Crippen molar-refractivity contribution >= 4 is 23.3 Å². The maximum absolute atomic E-state index is 13.8. The standard InChI is InChI=1S/C27H30N6O3/c1-4-22(34)33-14-13-32(16-18(33)10-12-28)24-23-21(29-26(31-24)36-3)15-27(25(35)30-23)11-6-8-19-17(2)7-5-9-20(19)27/h4-5,7,9,18H,1,6,8,10-11,13-16H2,2-3H3,(H,30,35). The average molecular weight is 487 g/mol. The molecule has 3 heterocycles. The Hall–Kier alpha value is -3.93. The first-order valence-electron chi connectivity index (χ1n) is 12.3. The summed E-state index contributed by atoms with van der Waals surface area (Å²) in [5.41, 5.74) is 4.20. The molecule has 2 atom stereocenters. The SMILES string of the molecule is C=CC(=O)N1CCN(c2nc(OC)nc3c2NC(=O)C2(CCCc4c(C)cccc42)C3)CC1CC#N. The van der Waals surface area contributed by atoms with Crippen LogP contribution in [0.2, 0.25) is 0 Å². The number of carbonyl (C=O) groups excluding carboxylic acids is 2. The van der Waals surface area contributed by atoms with Gasteiger partial charge >= 0.3 is 6.01 Å². The van der Waals surface area contributed by atoms with Crippen LogP contribution in [-0.4, -0.2) is 59.5 Å². The summed E-state index contributed by atoms with van der Waals surface area (Å²) < 4.78 is 5.46. The van der Waals surface area contributed by atoms with Crippen molar-refractivity contribution in [3.05, 3.63) is 53.2 Å². The van der Waals surface area contributed by atoms with E-state index >= 15 is 0 Å². The molecule has 1 fully saturated rings. The zero-order valence-corrected chi connectivity index (χ0v) is 20.7. The molecule has 0 saturated carbocycles. The number of hydrogen-bond donors (Lipinski definition) is 1. The van der Waals surface area contributed by atoms with E-state index in [-0.39, 0.29) is 30.3 Å². The summed E-state index contributed by atoms with van der Waals surface area (Å²) in [7, 11) is 1.53. The average Bonchev–Trinajstić information content (AvgIpc) is 2.89. The number of rotatable bonds is 4. The van der Waals surface area contributed by atoms with Gasteiger partial charge in [0.25, 0.3) is 0 Å². The Balaban J connectivity index is 1.55. The predicted molar refractivity (Wildman–Crippen MR) is 135 cm³/mol. The number of hydrogen-bond acceptors (Lipinski definition) is 7. The van der Waals surface area contributed by atoms with Crippen LogP contribution in [0.15, 0.2) is 30.9 Å². The molecule has 3 aliphatic rings. The maximum Gasteiger partial charge on any atom is 0.318 e. The fraction of sp³-hybridized carbons (Fsp3) is 0.444. The lowest BCUT2D eigenvalue weighted by molar-refractivity contribution is -0.128. The van der Waals surface area contributed by atoms with E-state index in [0.717, 1.165) is 30.5 Å². The minimum Gasteiger partial charge on any atom is -0.467 e. The molecule has 1 aromatic heterocycles. The summed E-state index contributed by atoms with van der Waals surface area (Å²) in [6.07, 6.45) is 4.59. The molecule has 2 unspecified atom stereocenters. The van der Waals surface area contributed by atoms with Crippen molar-refractivity contribution in [1.82, 2.24) is 14.9 Å². The Bertz CT molecular complexity index is 1290. The molecule has 0 radical (unpaired) electrons. The van der Waals surface area contributed by atoms with Crippen molar-refractivity contribution in [2.24, 2.45) is 0 Å². The minimum absolute atomic E-state index is 0.0365. The quantitative estimate of drug-likeness (QED) is 0.662. The van der Waals surface area contributed by atoms with Crippen LogP contribution in [0.3, 0.4) is 0 Å². The normalized spacial score (nSPS) is 22.8. The Labute approximate surface area is 210 Å². The molecule has 0 bridgehead atoms. The number of nitrogens with one attached hydrogen (secondary N) is 1. The minimum atomic E-state index is -0.679. The number of anilines is 2. The first-order chi connectivity index (χ1) is 17.4. The number of methoxy groups -OCH3 is 1. The zero-order valence-electron chi connectivity index (χ0n) is 20.7. The van der Waals surface area contributed by atoms with Gasteiger partial charge in [0.2, 0.25) is 11.8 Å². The fourth-order valence-corrected chi connectivity index (χ4v) is 5.99. The summed E-state index contributed by atoms with van der Waals surface area (Å²) in [4.78, 5) is 39.1. The first kappa shape index (κ1) is 23.8. The van der Waals surface area contributed by atoms with Crippen molar-refractivity contribution < 1.29 is 14.3 Å². The molecule has 1 saturated heterocycles. The van der Waals surface area contributed by atoms with Crippen LogP contribution < -0.4 is 15.0 Å². The van der Waals surface area contributed by atoms with E-state index in [9.17, 15) is 14.9 Å². The molecule has 2 amide bonds. The molecule has 1 aromatic carbocycles. The number of nitriles is 1. The van der Waals surface area contributed by atoms with Crippen LogP contribution in [-0.2, 0) is 27.8 Å². The summed E-state index contributed by atoms with van der Waals surface area (Å²) in [6, 6.07) is 8.30. The number of nitrogens with zero attached hydrogens (tertiary/aromatic N) is 5. The van der Waals surface area contributed by atoms with Crippen LogP contribution >= 0.6 is 0 Å². The van der Waals surface area contributed by atoms with Gasteiger partial charge in [0.1, 0.15) is 5.69 Å². The number of piperazine rings is 1. The lowest BCUT2D eigenvalue weighted by Gasteiger charge is -2.44. The number of aromatic nitrogens is 2. The predicted octanol–water partition coefficient (Wildman–Crippen LogP) is 2.68. The molecule has 1 aliphatic carbocycles. The zero-order chi connectivity index (χ0) is 25.4. The van der Waals surface area contributed by atoms with Crippen LogP contribution in [0.4, 0.5) is 11.5 Å². The molecule has 2 aliphatic heterocycles. The molecule has 9 heteroatoms. The highest BCUT2D eigenvalue weighted by atomic mass is 16.5. The van der Waals surface area contributed by atoms with E-state index < -0.39 is 5.41 Å². The summed E-state index contributed by atoms with van der Waals surface area (Å²) in [5, 5.41) is 12.5. The van der Waals surface area contributed by atoms with Gasteiger partial charge in [0.15, 0.2) is 5.82 Å².